The first-order chi connectivity index (χ1) is 7.20. The fraction of sp³-hybridized carbons (Fsp3) is 0.818. The molecule has 5 heteroatoms. The molecule has 0 fully saturated rings. The Labute approximate surface area is 96.5 Å². The fourth-order valence-electron chi connectivity index (χ4n) is 0.842. The topological polar surface area (TPSA) is 64.6 Å². The standard InChI is InChI=1S/C11H21NO4/c1-8(2)15-7-9(13)12-6-10(14)16-11(3,4)5/h8H,6-7H2,1-5H3,(H,12,13). The second-order valence-electron chi connectivity index (χ2n) is 4.72. The van der Waals surface area contributed by atoms with Crippen LogP contribution in [0.3, 0.4) is 0 Å². The zero-order chi connectivity index (χ0) is 12.8. The van der Waals surface area contributed by atoms with Crippen LogP contribution in [-0.4, -0.2) is 36.7 Å². The van der Waals surface area contributed by atoms with Gasteiger partial charge in [-0.2, -0.15) is 0 Å². The van der Waals surface area contributed by atoms with E-state index in [0.717, 1.165) is 0 Å². The first-order valence-corrected chi connectivity index (χ1v) is 5.31. The van der Waals surface area contributed by atoms with Crippen molar-refractivity contribution in [3.63, 3.8) is 0 Å². The van der Waals surface area contributed by atoms with Crippen molar-refractivity contribution in [3.05, 3.63) is 0 Å². The van der Waals surface area contributed by atoms with E-state index in [4.69, 9.17) is 9.47 Å². The van der Waals surface area contributed by atoms with Crippen molar-refractivity contribution in [2.24, 2.45) is 0 Å². The molecule has 0 unspecified atom stereocenters. The van der Waals surface area contributed by atoms with Gasteiger partial charge in [0.2, 0.25) is 5.91 Å². The molecule has 0 aromatic carbocycles. The molecule has 0 atom stereocenters. The van der Waals surface area contributed by atoms with Crippen LogP contribution in [0.15, 0.2) is 0 Å². The van der Waals surface area contributed by atoms with Crippen LogP contribution >= 0.6 is 0 Å². The van der Waals surface area contributed by atoms with Crippen molar-refractivity contribution in [2.75, 3.05) is 13.2 Å². The summed E-state index contributed by atoms with van der Waals surface area (Å²) in [6.45, 7) is 8.82. The van der Waals surface area contributed by atoms with Crippen LogP contribution in [0.5, 0.6) is 0 Å². The SMILES string of the molecule is CC(C)OCC(=O)NCC(=O)OC(C)(C)C. The van der Waals surface area contributed by atoms with Crippen LogP contribution in [0, 0.1) is 0 Å². The zero-order valence-electron chi connectivity index (χ0n) is 10.6. The zero-order valence-corrected chi connectivity index (χ0v) is 10.6. The highest BCUT2D eigenvalue weighted by Gasteiger charge is 2.16. The Hall–Kier alpha value is -1.10. The third-order valence-electron chi connectivity index (χ3n) is 1.40. The predicted octanol–water partition coefficient (Wildman–Crippen LogP) is 0.869. The van der Waals surface area contributed by atoms with Gasteiger partial charge < -0.3 is 14.8 Å². The summed E-state index contributed by atoms with van der Waals surface area (Å²) in [6.07, 6.45) is -0.00715. The number of ether oxygens (including phenoxy) is 2. The van der Waals surface area contributed by atoms with E-state index in [1.807, 2.05) is 13.8 Å². The monoisotopic (exact) mass is 231 g/mol. The van der Waals surface area contributed by atoms with Crippen molar-refractivity contribution in [2.45, 2.75) is 46.3 Å². The summed E-state index contributed by atoms with van der Waals surface area (Å²) >= 11 is 0. The summed E-state index contributed by atoms with van der Waals surface area (Å²) in [6, 6.07) is 0. The van der Waals surface area contributed by atoms with E-state index in [2.05, 4.69) is 5.32 Å². The van der Waals surface area contributed by atoms with Gasteiger partial charge in [0.25, 0.3) is 0 Å². The van der Waals surface area contributed by atoms with E-state index in [0.29, 0.717) is 0 Å². The van der Waals surface area contributed by atoms with E-state index in [1.165, 1.54) is 0 Å². The largest absolute Gasteiger partial charge is 0.459 e. The Morgan fingerprint density at radius 3 is 2.25 bits per heavy atom. The normalized spacial score (nSPS) is 11.4. The average molecular weight is 231 g/mol. The van der Waals surface area contributed by atoms with E-state index in [-0.39, 0.29) is 25.2 Å². The summed E-state index contributed by atoms with van der Waals surface area (Å²) in [4.78, 5) is 22.4. The van der Waals surface area contributed by atoms with Gasteiger partial charge in [0.15, 0.2) is 0 Å². The lowest BCUT2D eigenvalue weighted by molar-refractivity contribution is -0.154. The highest BCUT2D eigenvalue weighted by atomic mass is 16.6. The molecule has 94 valence electrons. The van der Waals surface area contributed by atoms with Gasteiger partial charge in [-0.15, -0.1) is 0 Å². The summed E-state index contributed by atoms with van der Waals surface area (Å²) in [7, 11) is 0. The van der Waals surface area contributed by atoms with Crippen molar-refractivity contribution >= 4 is 11.9 Å². The third-order valence-corrected chi connectivity index (χ3v) is 1.40. The van der Waals surface area contributed by atoms with Crippen molar-refractivity contribution in [3.8, 4) is 0 Å². The van der Waals surface area contributed by atoms with Gasteiger partial charge in [0.1, 0.15) is 18.8 Å². The van der Waals surface area contributed by atoms with Crippen LogP contribution < -0.4 is 5.32 Å². The quantitative estimate of drug-likeness (QED) is 0.713. The molecule has 0 spiro atoms. The van der Waals surface area contributed by atoms with Gasteiger partial charge in [-0.3, -0.25) is 9.59 Å². The molecule has 1 N–H and O–H groups in total. The van der Waals surface area contributed by atoms with E-state index in [9.17, 15) is 9.59 Å². The maximum Gasteiger partial charge on any atom is 0.325 e. The third kappa shape index (κ3) is 9.45. The number of amides is 1. The molecule has 0 aromatic heterocycles. The molecule has 0 heterocycles. The van der Waals surface area contributed by atoms with E-state index >= 15 is 0 Å². The van der Waals surface area contributed by atoms with Gasteiger partial charge >= 0.3 is 5.97 Å². The van der Waals surface area contributed by atoms with Crippen LogP contribution in [-0.2, 0) is 19.1 Å². The molecule has 0 aliphatic carbocycles. The molecule has 0 bridgehead atoms. The second kappa shape index (κ2) is 6.48. The van der Waals surface area contributed by atoms with E-state index in [1.54, 1.807) is 20.8 Å². The smallest absolute Gasteiger partial charge is 0.325 e. The summed E-state index contributed by atoms with van der Waals surface area (Å²) in [5.41, 5.74) is -0.532. The predicted molar refractivity (Wildman–Crippen MR) is 59.9 cm³/mol. The number of carbonyl (C=O) groups excluding carboxylic acids is 2. The van der Waals surface area contributed by atoms with Gasteiger partial charge in [0, 0.05) is 0 Å². The molecule has 16 heavy (non-hydrogen) atoms. The van der Waals surface area contributed by atoms with E-state index < -0.39 is 11.6 Å². The second-order valence-corrected chi connectivity index (χ2v) is 4.72. The van der Waals surface area contributed by atoms with Crippen molar-refractivity contribution < 1.29 is 19.1 Å². The lowest BCUT2D eigenvalue weighted by Gasteiger charge is -2.19. The maximum atomic E-state index is 11.2. The lowest BCUT2D eigenvalue weighted by atomic mass is 10.2. The van der Waals surface area contributed by atoms with Crippen LogP contribution in [0.1, 0.15) is 34.6 Å². The molecule has 0 radical (unpaired) electrons. The molecule has 0 aliphatic heterocycles. The minimum atomic E-state index is -0.532. The Bertz CT molecular complexity index is 243. The fourth-order valence-corrected chi connectivity index (χ4v) is 0.842. The molecule has 0 saturated heterocycles. The van der Waals surface area contributed by atoms with Gasteiger partial charge in [-0.1, -0.05) is 0 Å². The van der Waals surface area contributed by atoms with Crippen molar-refractivity contribution in [1.29, 1.82) is 0 Å². The molecule has 1 amide bonds. The number of hydrogen-bond acceptors (Lipinski definition) is 4. The average Bonchev–Trinajstić information content (AvgIpc) is 2.08. The lowest BCUT2D eigenvalue weighted by Crippen LogP contribution is -2.36. The highest BCUT2D eigenvalue weighted by Crippen LogP contribution is 2.06. The number of nitrogens with one attached hydrogen (secondary N) is 1. The Balaban J connectivity index is 3.72. The van der Waals surface area contributed by atoms with Gasteiger partial charge in [-0.25, -0.2) is 0 Å². The molecule has 0 saturated carbocycles. The Kier molecular flexibility index (Phi) is 6.03. The molecule has 0 rings (SSSR count). The summed E-state index contributed by atoms with van der Waals surface area (Å²) in [5.74, 6) is -0.773. The minimum absolute atomic E-state index is 0.00715. The maximum absolute atomic E-state index is 11.2. The highest BCUT2D eigenvalue weighted by molar-refractivity contribution is 5.82. The first-order valence-electron chi connectivity index (χ1n) is 5.31. The van der Waals surface area contributed by atoms with Crippen LogP contribution in [0.4, 0.5) is 0 Å². The summed E-state index contributed by atoms with van der Waals surface area (Å²) < 4.78 is 10.1. The number of esters is 1. The molecular formula is C11H21NO4. The summed E-state index contributed by atoms with van der Waals surface area (Å²) in [5, 5.41) is 2.42. The van der Waals surface area contributed by atoms with Crippen molar-refractivity contribution in [1.82, 2.24) is 5.32 Å². The number of carbonyl (C=O) groups is 2. The van der Waals surface area contributed by atoms with Crippen LogP contribution in [0.2, 0.25) is 0 Å². The number of hydrogen-bond donors (Lipinski definition) is 1. The molecule has 5 nitrogen and oxygen atoms in total. The molecular weight excluding hydrogens is 210 g/mol. The minimum Gasteiger partial charge on any atom is -0.459 e. The number of rotatable bonds is 5. The van der Waals surface area contributed by atoms with Gasteiger partial charge in [0.05, 0.1) is 6.10 Å². The van der Waals surface area contributed by atoms with Gasteiger partial charge in [-0.05, 0) is 34.6 Å². The first kappa shape index (κ1) is 14.9. The molecule has 0 aromatic rings. The molecule has 0 aliphatic rings. The van der Waals surface area contributed by atoms with Crippen LogP contribution in [0.25, 0.3) is 0 Å². The Morgan fingerprint density at radius 2 is 1.81 bits per heavy atom. The Morgan fingerprint density at radius 1 is 1.25 bits per heavy atom.